The number of esters is 1. The van der Waals surface area contributed by atoms with E-state index in [1.807, 2.05) is 6.92 Å². The molecule has 0 radical (unpaired) electrons. The minimum Gasteiger partial charge on any atom is -0.497 e. The largest absolute Gasteiger partial charge is 0.497 e. The van der Waals surface area contributed by atoms with Crippen LogP contribution in [0.2, 0.25) is 0 Å². The second-order valence-electron chi connectivity index (χ2n) is 5.96. The summed E-state index contributed by atoms with van der Waals surface area (Å²) in [5.41, 5.74) is 1.40. The standard InChI is InChI=1S/C21H21NO5/c1-5-22-18-12-16(26-4)10-11-17(18)20(27-13(2)23)19(21(22)24)14-6-8-15(25-3)9-7-14/h6-12H,5H2,1-4H3. The molecule has 0 amide bonds. The summed E-state index contributed by atoms with van der Waals surface area (Å²) < 4.78 is 17.6. The highest BCUT2D eigenvalue weighted by atomic mass is 16.5. The zero-order valence-corrected chi connectivity index (χ0v) is 15.7. The fourth-order valence-corrected chi connectivity index (χ4v) is 3.11. The molecular weight excluding hydrogens is 346 g/mol. The van der Waals surface area contributed by atoms with Crippen LogP contribution in [0.3, 0.4) is 0 Å². The molecule has 0 aliphatic heterocycles. The number of carbonyl (C=O) groups excluding carboxylic acids is 1. The van der Waals surface area contributed by atoms with Crippen molar-refractivity contribution in [1.82, 2.24) is 4.57 Å². The number of fused-ring (bicyclic) bond motifs is 1. The molecule has 3 aromatic rings. The Bertz CT molecular complexity index is 1050. The molecule has 0 aliphatic carbocycles. The molecule has 0 saturated carbocycles. The Morgan fingerprint density at radius 1 is 1.00 bits per heavy atom. The maximum atomic E-state index is 13.3. The van der Waals surface area contributed by atoms with Gasteiger partial charge in [-0.05, 0) is 36.8 Å². The van der Waals surface area contributed by atoms with Crippen LogP contribution in [0.4, 0.5) is 0 Å². The van der Waals surface area contributed by atoms with Crippen LogP contribution in [0.25, 0.3) is 22.0 Å². The van der Waals surface area contributed by atoms with Crippen molar-refractivity contribution in [2.24, 2.45) is 0 Å². The van der Waals surface area contributed by atoms with Gasteiger partial charge in [0.2, 0.25) is 0 Å². The molecule has 6 heteroatoms. The van der Waals surface area contributed by atoms with Gasteiger partial charge in [-0.15, -0.1) is 0 Å². The molecule has 0 spiro atoms. The third-order valence-corrected chi connectivity index (χ3v) is 4.37. The third-order valence-electron chi connectivity index (χ3n) is 4.37. The Hall–Kier alpha value is -3.28. The van der Waals surface area contributed by atoms with Crippen molar-refractivity contribution in [2.45, 2.75) is 20.4 Å². The molecule has 0 atom stereocenters. The second-order valence-corrected chi connectivity index (χ2v) is 5.96. The summed E-state index contributed by atoms with van der Waals surface area (Å²) in [5.74, 6) is 1.06. The lowest BCUT2D eigenvalue weighted by molar-refractivity contribution is -0.131. The first-order valence-corrected chi connectivity index (χ1v) is 8.57. The molecule has 2 aromatic carbocycles. The number of ether oxygens (including phenoxy) is 3. The maximum absolute atomic E-state index is 13.3. The summed E-state index contributed by atoms with van der Waals surface area (Å²) in [6.07, 6.45) is 0. The SMILES string of the molecule is CCn1c(=O)c(-c2ccc(OC)cc2)c(OC(C)=O)c2ccc(OC)cc21. The number of methoxy groups -OCH3 is 2. The van der Waals surface area contributed by atoms with E-state index >= 15 is 0 Å². The third kappa shape index (κ3) is 3.38. The lowest BCUT2D eigenvalue weighted by atomic mass is 10.0. The lowest BCUT2D eigenvalue weighted by Crippen LogP contribution is -2.23. The molecule has 27 heavy (non-hydrogen) atoms. The minimum absolute atomic E-state index is 0.236. The first kappa shape index (κ1) is 18.5. The fourth-order valence-electron chi connectivity index (χ4n) is 3.11. The molecule has 3 rings (SSSR count). The van der Waals surface area contributed by atoms with Gasteiger partial charge in [0.25, 0.3) is 5.56 Å². The van der Waals surface area contributed by atoms with Gasteiger partial charge in [-0.1, -0.05) is 12.1 Å². The Morgan fingerprint density at radius 2 is 1.63 bits per heavy atom. The molecule has 0 N–H and O–H groups in total. The van der Waals surface area contributed by atoms with Crippen LogP contribution in [-0.4, -0.2) is 24.8 Å². The van der Waals surface area contributed by atoms with Crippen molar-refractivity contribution >= 4 is 16.9 Å². The fraction of sp³-hybridized carbons (Fsp3) is 0.238. The van der Waals surface area contributed by atoms with Gasteiger partial charge in [0.1, 0.15) is 11.5 Å². The number of nitrogens with zero attached hydrogens (tertiary/aromatic N) is 1. The number of hydrogen-bond donors (Lipinski definition) is 0. The van der Waals surface area contributed by atoms with Crippen molar-refractivity contribution < 1.29 is 19.0 Å². The Labute approximate surface area is 156 Å². The minimum atomic E-state index is -0.490. The van der Waals surface area contributed by atoms with Crippen LogP contribution < -0.4 is 19.8 Å². The molecule has 0 unspecified atom stereocenters. The predicted octanol–water partition coefficient (Wildman–Crippen LogP) is 3.63. The summed E-state index contributed by atoms with van der Waals surface area (Å²) >= 11 is 0. The van der Waals surface area contributed by atoms with Crippen LogP contribution in [0.5, 0.6) is 17.2 Å². The molecule has 6 nitrogen and oxygen atoms in total. The second kappa shape index (κ2) is 7.53. The topological polar surface area (TPSA) is 66.8 Å². The Kier molecular flexibility index (Phi) is 5.16. The van der Waals surface area contributed by atoms with Gasteiger partial charge in [-0.3, -0.25) is 9.59 Å². The van der Waals surface area contributed by atoms with Crippen molar-refractivity contribution in [3.8, 4) is 28.4 Å². The van der Waals surface area contributed by atoms with Crippen LogP contribution in [0, 0.1) is 0 Å². The van der Waals surface area contributed by atoms with E-state index in [2.05, 4.69) is 0 Å². The van der Waals surface area contributed by atoms with E-state index in [0.29, 0.717) is 40.1 Å². The van der Waals surface area contributed by atoms with Crippen LogP contribution >= 0.6 is 0 Å². The first-order valence-electron chi connectivity index (χ1n) is 8.57. The van der Waals surface area contributed by atoms with Crippen LogP contribution in [0.15, 0.2) is 47.3 Å². The van der Waals surface area contributed by atoms with Gasteiger partial charge in [0.15, 0.2) is 5.75 Å². The van der Waals surface area contributed by atoms with Gasteiger partial charge in [0.05, 0.1) is 25.3 Å². The maximum Gasteiger partial charge on any atom is 0.308 e. The summed E-state index contributed by atoms with van der Waals surface area (Å²) in [7, 11) is 3.14. The Balaban J connectivity index is 2.41. The van der Waals surface area contributed by atoms with E-state index in [4.69, 9.17) is 14.2 Å². The van der Waals surface area contributed by atoms with Gasteiger partial charge < -0.3 is 18.8 Å². The number of rotatable bonds is 5. The van der Waals surface area contributed by atoms with Crippen molar-refractivity contribution in [1.29, 1.82) is 0 Å². The zero-order chi connectivity index (χ0) is 19.6. The van der Waals surface area contributed by atoms with Crippen LogP contribution in [-0.2, 0) is 11.3 Å². The molecular formula is C21H21NO5. The normalized spacial score (nSPS) is 10.7. The number of aryl methyl sites for hydroxylation is 1. The zero-order valence-electron chi connectivity index (χ0n) is 15.7. The number of benzene rings is 2. The summed E-state index contributed by atoms with van der Waals surface area (Å²) in [6.45, 7) is 3.67. The molecule has 0 aliphatic rings. The average molecular weight is 367 g/mol. The average Bonchev–Trinajstić information content (AvgIpc) is 2.67. The number of carbonyl (C=O) groups is 1. The van der Waals surface area contributed by atoms with Gasteiger partial charge >= 0.3 is 5.97 Å². The van der Waals surface area contributed by atoms with Gasteiger partial charge in [0, 0.05) is 24.9 Å². The van der Waals surface area contributed by atoms with E-state index in [-0.39, 0.29) is 11.3 Å². The van der Waals surface area contributed by atoms with E-state index in [0.717, 1.165) is 0 Å². The molecule has 140 valence electrons. The molecule has 0 bridgehead atoms. The highest BCUT2D eigenvalue weighted by Crippen LogP contribution is 2.36. The molecule has 1 heterocycles. The van der Waals surface area contributed by atoms with Crippen LogP contribution in [0.1, 0.15) is 13.8 Å². The number of hydrogen-bond acceptors (Lipinski definition) is 5. The highest BCUT2D eigenvalue weighted by Gasteiger charge is 2.21. The number of aromatic nitrogens is 1. The van der Waals surface area contributed by atoms with Crippen molar-refractivity contribution in [3.63, 3.8) is 0 Å². The summed E-state index contributed by atoms with van der Waals surface area (Å²) in [6, 6.07) is 12.4. The quantitative estimate of drug-likeness (QED) is 0.644. The van der Waals surface area contributed by atoms with Crippen molar-refractivity contribution in [3.05, 3.63) is 52.8 Å². The van der Waals surface area contributed by atoms with E-state index < -0.39 is 5.97 Å². The van der Waals surface area contributed by atoms with E-state index in [9.17, 15) is 9.59 Å². The summed E-state index contributed by atoms with van der Waals surface area (Å²) in [5, 5.41) is 0.665. The first-order chi connectivity index (χ1) is 13.0. The van der Waals surface area contributed by atoms with Crippen molar-refractivity contribution in [2.75, 3.05) is 14.2 Å². The van der Waals surface area contributed by atoms with Gasteiger partial charge in [-0.25, -0.2) is 0 Å². The highest BCUT2D eigenvalue weighted by molar-refractivity contribution is 5.95. The van der Waals surface area contributed by atoms with E-state index in [1.165, 1.54) is 6.92 Å². The van der Waals surface area contributed by atoms with Gasteiger partial charge in [-0.2, -0.15) is 0 Å². The Morgan fingerprint density at radius 3 is 2.19 bits per heavy atom. The smallest absolute Gasteiger partial charge is 0.308 e. The van der Waals surface area contributed by atoms with E-state index in [1.54, 1.807) is 61.3 Å². The monoisotopic (exact) mass is 367 g/mol. The molecule has 0 fully saturated rings. The molecule has 0 saturated heterocycles. The molecule has 1 aromatic heterocycles. The number of pyridine rings is 1. The predicted molar refractivity (Wildman–Crippen MR) is 104 cm³/mol. The lowest BCUT2D eigenvalue weighted by Gasteiger charge is -2.17. The summed E-state index contributed by atoms with van der Waals surface area (Å²) in [4.78, 5) is 25.0.